The third-order valence-electron chi connectivity index (χ3n) is 2.19. The van der Waals surface area contributed by atoms with Gasteiger partial charge in [-0.1, -0.05) is 17.7 Å². The van der Waals surface area contributed by atoms with Gasteiger partial charge in [0.2, 0.25) is 0 Å². The first kappa shape index (κ1) is 14.8. The van der Waals surface area contributed by atoms with Crippen molar-refractivity contribution in [3.63, 3.8) is 0 Å². The van der Waals surface area contributed by atoms with Crippen LogP contribution >= 0.6 is 0 Å². The van der Waals surface area contributed by atoms with Crippen LogP contribution in [0.1, 0.15) is 11.1 Å². The monoisotopic (exact) mass is 263 g/mol. The first-order valence-corrected chi connectivity index (χ1v) is 5.49. The topological polar surface area (TPSA) is 44.5 Å². The van der Waals surface area contributed by atoms with Gasteiger partial charge in [0.25, 0.3) is 0 Å². The molecule has 0 bridgehead atoms. The number of benzene rings is 1. The summed E-state index contributed by atoms with van der Waals surface area (Å²) in [6.07, 6.45) is -4.30. The molecule has 0 saturated carbocycles. The van der Waals surface area contributed by atoms with Crippen LogP contribution in [-0.4, -0.2) is 26.0 Å². The molecule has 0 radical (unpaired) electrons. The van der Waals surface area contributed by atoms with Gasteiger partial charge < -0.3 is 15.2 Å². The minimum absolute atomic E-state index is 0.0616. The number of nitrogens with two attached hydrogens (primary N) is 1. The van der Waals surface area contributed by atoms with Gasteiger partial charge in [0.1, 0.15) is 19.0 Å². The fraction of sp³-hybridized carbons (Fsp3) is 0.500. The Bertz CT molecular complexity index is 380. The number of ether oxygens (including phenoxy) is 2. The Kier molecular flexibility index (Phi) is 5.43. The smallest absolute Gasteiger partial charge is 0.411 e. The normalized spacial score (nSPS) is 11.6. The van der Waals surface area contributed by atoms with Gasteiger partial charge in [0.15, 0.2) is 0 Å². The van der Waals surface area contributed by atoms with E-state index in [1.54, 1.807) is 6.07 Å². The van der Waals surface area contributed by atoms with E-state index in [1.165, 1.54) is 0 Å². The third kappa shape index (κ3) is 5.37. The molecular weight excluding hydrogens is 247 g/mol. The molecule has 102 valence electrons. The van der Waals surface area contributed by atoms with E-state index in [0.717, 1.165) is 11.1 Å². The summed E-state index contributed by atoms with van der Waals surface area (Å²) in [5, 5.41) is 0. The second-order valence-corrected chi connectivity index (χ2v) is 3.83. The molecule has 2 N–H and O–H groups in total. The molecule has 0 saturated heterocycles. The van der Waals surface area contributed by atoms with Gasteiger partial charge >= 0.3 is 6.18 Å². The fourth-order valence-corrected chi connectivity index (χ4v) is 1.41. The number of alkyl halides is 3. The molecule has 6 heteroatoms. The van der Waals surface area contributed by atoms with E-state index in [0.29, 0.717) is 12.3 Å². The molecule has 1 aromatic rings. The Hall–Kier alpha value is -1.27. The summed E-state index contributed by atoms with van der Waals surface area (Å²) in [5.74, 6) is 0.582. The molecular formula is C12H16F3NO2. The van der Waals surface area contributed by atoms with Crippen LogP contribution in [0.2, 0.25) is 0 Å². The summed E-state index contributed by atoms with van der Waals surface area (Å²) in [6, 6.07) is 5.48. The maximum atomic E-state index is 11.8. The van der Waals surface area contributed by atoms with E-state index in [4.69, 9.17) is 10.5 Å². The average Bonchev–Trinajstić information content (AvgIpc) is 2.28. The molecule has 0 aromatic heterocycles. The molecule has 18 heavy (non-hydrogen) atoms. The number of aryl methyl sites for hydroxylation is 1. The Morgan fingerprint density at radius 1 is 1.22 bits per heavy atom. The lowest BCUT2D eigenvalue weighted by atomic mass is 10.1. The Morgan fingerprint density at radius 3 is 2.56 bits per heavy atom. The zero-order chi connectivity index (χ0) is 13.6. The van der Waals surface area contributed by atoms with Crippen LogP contribution in [0.4, 0.5) is 13.2 Å². The molecule has 0 atom stereocenters. The van der Waals surface area contributed by atoms with Crippen molar-refractivity contribution in [3.05, 3.63) is 29.3 Å². The number of hydrogen-bond donors (Lipinski definition) is 1. The minimum Gasteiger partial charge on any atom is -0.491 e. The van der Waals surface area contributed by atoms with Crippen molar-refractivity contribution in [2.75, 3.05) is 19.8 Å². The molecule has 1 aromatic carbocycles. The van der Waals surface area contributed by atoms with Gasteiger partial charge in [0.05, 0.1) is 6.61 Å². The second kappa shape index (κ2) is 6.61. The molecule has 1 rings (SSSR count). The Morgan fingerprint density at radius 2 is 1.94 bits per heavy atom. The summed E-state index contributed by atoms with van der Waals surface area (Å²) in [5.41, 5.74) is 7.42. The van der Waals surface area contributed by atoms with Crippen LogP contribution in [0, 0.1) is 6.92 Å². The van der Waals surface area contributed by atoms with Crippen LogP contribution in [0.15, 0.2) is 18.2 Å². The highest BCUT2D eigenvalue weighted by molar-refractivity contribution is 5.36. The van der Waals surface area contributed by atoms with Crippen molar-refractivity contribution in [2.45, 2.75) is 19.6 Å². The predicted octanol–water partition coefficient (Wildman–Crippen LogP) is 2.41. The molecule has 3 nitrogen and oxygen atoms in total. The molecule has 0 amide bonds. The number of hydrogen-bond acceptors (Lipinski definition) is 3. The summed E-state index contributed by atoms with van der Waals surface area (Å²) >= 11 is 0. The highest BCUT2D eigenvalue weighted by Gasteiger charge is 2.27. The fourth-order valence-electron chi connectivity index (χ4n) is 1.41. The summed E-state index contributed by atoms with van der Waals surface area (Å²) < 4.78 is 45.1. The SMILES string of the molecule is Cc1ccc(OCCOCC(F)(F)F)c(CN)c1. The highest BCUT2D eigenvalue weighted by atomic mass is 19.4. The van der Waals surface area contributed by atoms with E-state index in [1.807, 2.05) is 19.1 Å². The van der Waals surface area contributed by atoms with E-state index in [2.05, 4.69) is 4.74 Å². The first-order valence-electron chi connectivity index (χ1n) is 5.49. The van der Waals surface area contributed by atoms with Crippen LogP contribution in [0.3, 0.4) is 0 Å². The molecule has 0 aliphatic rings. The first-order chi connectivity index (χ1) is 8.42. The van der Waals surface area contributed by atoms with Crippen LogP contribution < -0.4 is 10.5 Å². The molecule has 0 heterocycles. The summed E-state index contributed by atoms with van der Waals surface area (Å²) in [6.45, 7) is 0.938. The largest absolute Gasteiger partial charge is 0.491 e. The standard InChI is InChI=1S/C12H16F3NO2/c1-9-2-3-11(10(6-9)7-16)18-5-4-17-8-12(13,14)15/h2-3,6H,4-5,7-8,16H2,1H3. The van der Waals surface area contributed by atoms with Gasteiger partial charge in [-0.05, 0) is 13.0 Å². The molecule has 0 unspecified atom stereocenters. The molecule has 0 spiro atoms. The van der Waals surface area contributed by atoms with E-state index in [-0.39, 0.29) is 13.2 Å². The van der Waals surface area contributed by atoms with Gasteiger partial charge in [-0.25, -0.2) is 0 Å². The van der Waals surface area contributed by atoms with Crippen molar-refractivity contribution in [2.24, 2.45) is 5.73 Å². The molecule has 0 aliphatic carbocycles. The van der Waals surface area contributed by atoms with Crippen molar-refractivity contribution in [1.82, 2.24) is 0 Å². The Labute approximate surface area is 104 Å². The second-order valence-electron chi connectivity index (χ2n) is 3.83. The molecule has 0 aliphatic heterocycles. The van der Waals surface area contributed by atoms with Gasteiger partial charge in [-0.2, -0.15) is 13.2 Å². The van der Waals surface area contributed by atoms with E-state index < -0.39 is 12.8 Å². The van der Waals surface area contributed by atoms with Gasteiger partial charge in [-0.15, -0.1) is 0 Å². The lowest BCUT2D eigenvalue weighted by Crippen LogP contribution is -2.19. The van der Waals surface area contributed by atoms with Gasteiger partial charge in [0, 0.05) is 12.1 Å². The number of halogens is 3. The maximum absolute atomic E-state index is 11.8. The number of rotatable bonds is 6. The molecule has 0 fully saturated rings. The predicted molar refractivity (Wildman–Crippen MR) is 61.4 cm³/mol. The van der Waals surface area contributed by atoms with Gasteiger partial charge in [-0.3, -0.25) is 0 Å². The zero-order valence-corrected chi connectivity index (χ0v) is 10.1. The lowest BCUT2D eigenvalue weighted by Gasteiger charge is -2.12. The van der Waals surface area contributed by atoms with Crippen LogP contribution in [0.25, 0.3) is 0 Å². The van der Waals surface area contributed by atoms with Crippen molar-refractivity contribution >= 4 is 0 Å². The lowest BCUT2D eigenvalue weighted by molar-refractivity contribution is -0.175. The minimum atomic E-state index is -4.30. The maximum Gasteiger partial charge on any atom is 0.411 e. The highest BCUT2D eigenvalue weighted by Crippen LogP contribution is 2.19. The zero-order valence-electron chi connectivity index (χ0n) is 10.1. The van der Waals surface area contributed by atoms with E-state index >= 15 is 0 Å². The van der Waals surface area contributed by atoms with Crippen LogP contribution in [0.5, 0.6) is 5.75 Å². The van der Waals surface area contributed by atoms with E-state index in [9.17, 15) is 13.2 Å². The van der Waals surface area contributed by atoms with Crippen molar-refractivity contribution < 1.29 is 22.6 Å². The third-order valence-corrected chi connectivity index (χ3v) is 2.19. The summed E-state index contributed by atoms with van der Waals surface area (Å²) in [7, 11) is 0. The summed E-state index contributed by atoms with van der Waals surface area (Å²) in [4.78, 5) is 0. The average molecular weight is 263 g/mol. The van der Waals surface area contributed by atoms with Crippen molar-refractivity contribution in [1.29, 1.82) is 0 Å². The van der Waals surface area contributed by atoms with Crippen molar-refractivity contribution in [3.8, 4) is 5.75 Å². The quantitative estimate of drug-likeness (QED) is 0.802. The van der Waals surface area contributed by atoms with Crippen LogP contribution in [-0.2, 0) is 11.3 Å². The Balaban J connectivity index is 2.35.